The molecule has 3 aliphatic heterocycles. The van der Waals surface area contributed by atoms with E-state index in [0.717, 1.165) is 18.0 Å². The normalized spacial score (nSPS) is 26.1. The lowest BCUT2D eigenvalue weighted by Gasteiger charge is -2.46. The average Bonchev–Trinajstić information content (AvgIpc) is 3.23. The van der Waals surface area contributed by atoms with E-state index in [1.54, 1.807) is 19.1 Å². The highest BCUT2D eigenvalue weighted by Crippen LogP contribution is 2.33. The Kier molecular flexibility index (Phi) is 7.68. The lowest BCUT2D eigenvalue weighted by Crippen LogP contribution is -2.52. The van der Waals surface area contributed by atoms with Crippen molar-refractivity contribution in [1.82, 2.24) is 9.80 Å². The molecule has 0 bridgehead atoms. The van der Waals surface area contributed by atoms with Gasteiger partial charge in [-0.15, -0.1) is 0 Å². The number of anilines is 1. The van der Waals surface area contributed by atoms with Crippen molar-refractivity contribution in [2.24, 2.45) is 11.8 Å². The van der Waals surface area contributed by atoms with Crippen molar-refractivity contribution >= 4 is 17.5 Å². The SMILES string of the molecule is COCCN(C[C@@H]1CCCN2CCCC[C@H]12)C(=O)[C@H]1CC(=O)N(c2ccc(OC)cc2)C1. The molecule has 3 fully saturated rings. The van der Waals surface area contributed by atoms with Gasteiger partial charge < -0.3 is 24.2 Å². The van der Waals surface area contributed by atoms with Gasteiger partial charge in [0, 0.05) is 44.9 Å². The molecule has 3 saturated heterocycles. The van der Waals surface area contributed by atoms with Crippen molar-refractivity contribution in [3.05, 3.63) is 24.3 Å². The van der Waals surface area contributed by atoms with E-state index in [1.165, 1.54) is 45.2 Å². The van der Waals surface area contributed by atoms with E-state index in [-0.39, 0.29) is 24.2 Å². The summed E-state index contributed by atoms with van der Waals surface area (Å²) in [4.78, 5) is 32.7. The summed E-state index contributed by atoms with van der Waals surface area (Å²) in [5, 5.41) is 0. The third-order valence-corrected chi connectivity index (χ3v) is 7.42. The zero-order chi connectivity index (χ0) is 22.5. The minimum absolute atomic E-state index is 0.0105. The fourth-order valence-electron chi connectivity index (χ4n) is 5.71. The van der Waals surface area contributed by atoms with Gasteiger partial charge in [-0.3, -0.25) is 9.59 Å². The summed E-state index contributed by atoms with van der Waals surface area (Å²) in [5.74, 6) is 1.07. The molecule has 4 rings (SSSR count). The lowest BCUT2D eigenvalue weighted by atomic mass is 9.83. The third kappa shape index (κ3) is 5.09. The van der Waals surface area contributed by atoms with Crippen LogP contribution in [0.3, 0.4) is 0 Å². The Hall–Kier alpha value is -2.12. The van der Waals surface area contributed by atoms with Gasteiger partial charge in [-0.2, -0.15) is 0 Å². The molecule has 176 valence electrons. The fraction of sp³-hybridized carbons (Fsp3) is 0.680. The molecule has 0 spiro atoms. The molecular weight excluding hydrogens is 406 g/mol. The van der Waals surface area contributed by atoms with Crippen LogP contribution >= 0.6 is 0 Å². The molecule has 3 heterocycles. The van der Waals surface area contributed by atoms with Crippen molar-refractivity contribution in [1.29, 1.82) is 0 Å². The highest BCUT2D eigenvalue weighted by Gasteiger charge is 2.39. The maximum atomic E-state index is 13.6. The van der Waals surface area contributed by atoms with Crippen LogP contribution in [0.15, 0.2) is 24.3 Å². The summed E-state index contributed by atoms with van der Waals surface area (Å²) in [6.07, 6.45) is 6.48. The second-order valence-electron chi connectivity index (χ2n) is 9.38. The molecule has 2 amide bonds. The van der Waals surface area contributed by atoms with Crippen LogP contribution in [0.1, 0.15) is 38.5 Å². The van der Waals surface area contributed by atoms with E-state index in [4.69, 9.17) is 9.47 Å². The molecule has 1 aromatic rings. The number of rotatable bonds is 8. The second kappa shape index (κ2) is 10.7. The van der Waals surface area contributed by atoms with Crippen LogP contribution in [0.5, 0.6) is 5.75 Å². The van der Waals surface area contributed by atoms with Gasteiger partial charge in [-0.1, -0.05) is 6.42 Å². The number of carbonyl (C=O) groups is 2. The third-order valence-electron chi connectivity index (χ3n) is 7.42. The smallest absolute Gasteiger partial charge is 0.228 e. The number of benzene rings is 1. The minimum Gasteiger partial charge on any atom is -0.497 e. The number of amides is 2. The zero-order valence-corrected chi connectivity index (χ0v) is 19.5. The van der Waals surface area contributed by atoms with Crippen LogP contribution in [-0.2, 0) is 14.3 Å². The predicted molar refractivity (Wildman–Crippen MR) is 124 cm³/mol. The van der Waals surface area contributed by atoms with Gasteiger partial charge in [0.05, 0.1) is 19.6 Å². The number of nitrogens with zero attached hydrogens (tertiary/aromatic N) is 3. The Morgan fingerprint density at radius 2 is 1.88 bits per heavy atom. The van der Waals surface area contributed by atoms with Crippen LogP contribution in [0.2, 0.25) is 0 Å². The highest BCUT2D eigenvalue weighted by molar-refractivity contribution is 6.00. The molecule has 0 N–H and O–H groups in total. The van der Waals surface area contributed by atoms with E-state index in [1.807, 2.05) is 29.2 Å². The van der Waals surface area contributed by atoms with Crippen molar-refractivity contribution in [3.8, 4) is 5.75 Å². The number of ether oxygens (including phenoxy) is 2. The molecule has 0 radical (unpaired) electrons. The van der Waals surface area contributed by atoms with Gasteiger partial charge in [0.1, 0.15) is 5.75 Å². The van der Waals surface area contributed by atoms with Crippen molar-refractivity contribution < 1.29 is 19.1 Å². The second-order valence-corrected chi connectivity index (χ2v) is 9.38. The average molecular weight is 444 g/mol. The van der Waals surface area contributed by atoms with Gasteiger partial charge in [0.25, 0.3) is 0 Å². The fourth-order valence-corrected chi connectivity index (χ4v) is 5.71. The maximum absolute atomic E-state index is 13.6. The molecular formula is C25H37N3O4. The Bertz CT molecular complexity index is 782. The van der Waals surface area contributed by atoms with Crippen molar-refractivity contribution in [2.75, 3.05) is 58.5 Å². The monoisotopic (exact) mass is 443 g/mol. The van der Waals surface area contributed by atoms with Crippen LogP contribution < -0.4 is 9.64 Å². The summed E-state index contributed by atoms with van der Waals surface area (Å²) in [6, 6.07) is 8.05. The number of hydrogen-bond donors (Lipinski definition) is 0. The standard InChI is InChI=1S/C25H37N3O4/c1-31-15-14-27(17-19-6-5-13-26-12-4-3-7-23(19)26)25(30)20-16-24(29)28(18-20)21-8-10-22(32-2)11-9-21/h8-11,19-20,23H,3-7,12-18H2,1-2H3/t19-,20-,23+/m0/s1. The lowest BCUT2D eigenvalue weighted by molar-refractivity contribution is -0.137. The van der Waals surface area contributed by atoms with E-state index < -0.39 is 0 Å². The molecule has 0 unspecified atom stereocenters. The molecule has 0 saturated carbocycles. The molecule has 7 heteroatoms. The van der Waals surface area contributed by atoms with Crippen molar-refractivity contribution in [2.45, 2.75) is 44.6 Å². The molecule has 0 aromatic heterocycles. The van der Waals surface area contributed by atoms with E-state index in [0.29, 0.717) is 31.7 Å². The molecule has 3 aliphatic rings. The van der Waals surface area contributed by atoms with E-state index in [9.17, 15) is 9.59 Å². The number of methoxy groups -OCH3 is 2. The maximum Gasteiger partial charge on any atom is 0.228 e. The van der Waals surface area contributed by atoms with Crippen LogP contribution in [-0.4, -0.2) is 81.2 Å². The summed E-state index contributed by atoms with van der Waals surface area (Å²) in [7, 11) is 3.30. The van der Waals surface area contributed by atoms with Gasteiger partial charge in [0.15, 0.2) is 0 Å². The highest BCUT2D eigenvalue weighted by atomic mass is 16.5. The Labute approximate surface area is 191 Å². The summed E-state index contributed by atoms with van der Waals surface area (Å²) in [5.41, 5.74) is 0.819. The molecule has 1 aromatic carbocycles. The molecule has 7 nitrogen and oxygen atoms in total. The summed E-state index contributed by atoms with van der Waals surface area (Å²) < 4.78 is 10.5. The zero-order valence-electron chi connectivity index (χ0n) is 19.5. The largest absolute Gasteiger partial charge is 0.497 e. The first-order valence-corrected chi connectivity index (χ1v) is 12.1. The first kappa shape index (κ1) is 23.1. The van der Waals surface area contributed by atoms with Gasteiger partial charge in [-0.05, 0) is 69.0 Å². The molecule has 3 atom stereocenters. The quantitative estimate of drug-likeness (QED) is 0.618. The summed E-state index contributed by atoms with van der Waals surface area (Å²) >= 11 is 0. The first-order valence-electron chi connectivity index (χ1n) is 12.1. The first-order chi connectivity index (χ1) is 15.6. The Balaban J connectivity index is 1.43. The summed E-state index contributed by atoms with van der Waals surface area (Å²) in [6.45, 7) is 4.72. The van der Waals surface area contributed by atoms with E-state index >= 15 is 0 Å². The molecule has 0 aliphatic carbocycles. The number of fused-ring (bicyclic) bond motifs is 1. The van der Waals surface area contributed by atoms with Crippen LogP contribution in [0, 0.1) is 11.8 Å². The Morgan fingerprint density at radius 1 is 1.09 bits per heavy atom. The molecule has 32 heavy (non-hydrogen) atoms. The van der Waals surface area contributed by atoms with Crippen LogP contribution in [0.25, 0.3) is 0 Å². The Morgan fingerprint density at radius 3 is 2.62 bits per heavy atom. The van der Waals surface area contributed by atoms with Crippen molar-refractivity contribution in [3.63, 3.8) is 0 Å². The number of hydrogen-bond acceptors (Lipinski definition) is 5. The van der Waals surface area contributed by atoms with Gasteiger partial charge in [-0.25, -0.2) is 0 Å². The topological polar surface area (TPSA) is 62.3 Å². The van der Waals surface area contributed by atoms with Gasteiger partial charge in [0.2, 0.25) is 11.8 Å². The number of piperidine rings is 2. The van der Waals surface area contributed by atoms with Gasteiger partial charge >= 0.3 is 0 Å². The van der Waals surface area contributed by atoms with Crippen LogP contribution in [0.4, 0.5) is 5.69 Å². The van der Waals surface area contributed by atoms with E-state index in [2.05, 4.69) is 4.90 Å². The number of carbonyl (C=O) groups excluding carboxylic acids is 2. The minimum atomic E-state index is -0.299. The predicted octanol–water partition coefficient (Wildman–Crippen LogP) is 2.79.